The maximum absolute atomic E-state index is 13.1. The maximum Gasteiger partial charge on any atom is 0.348 e. The van der Waals surface area contributed by atoms with Crippen LogP contribution in [0.5, 0.6) is 23.0 Å². The molecular weight excluding hydrogens is 941 g/mol. The number of rotatable bonds is 38. The van der Waals surface area contributed by atoms with E-state index in [-0.39, 0.29) is 6.61 Å². The highest BCUT2D eigenvalue weighted by molar-refractivity contribution is 7.15. The fourth-order valence-corrected chi connectivity index (χ4v) is 9.92. The second-order valence-electron chi connectivity index (χ2n) is 19.4. The van der Waals surface area contributed by atoms with Crippen molar-refractivity contribution in [3.8, 4) is 23.0 Å². The molecule has 0 aliphatic heterocycles. The zero-order valence-electron chi connectivity index (χ0n) is 45.0. The Balaban J connectivity index is 1.06. The number of esters is 3. The Labute approximate surface area is 447 Å². The van der Waals surface area contributed by atoms with E-state index < -0.39 is 17.9 Å². The van der Waals surface area contributed by atoms with Crippen LogP contribution in [0.3, 0.4) is 0 Å². The Bertz CT molecular complexity index is 2250. The van der Waals surface area contributed by atoms with E-state index in [0.29, 0.717) is 57.4 Å². The van der Waals surface area contributed by atoms with E-state index in [9.17, 15) is 14.4 Å². The first-order chi connectivity index (χ1) is 36.2. The number of unbranched alkanes of at least 4 members (excludes halogenated alkanes) is 22. The number of benzene rings is 4. The van der Waals surface area contributed by atoms with Gasteiger partial charge in [-0.1, -0.05) is 193 Å². The standard InChI is InChI=1S/C65H84O8S/c1-6-9-11-13-15-17-19-21-23-25-27-29-47-70-56-39-35-54(36-40-56)63(66)72-58-43-31-52(32-44-58)50(4)60-49-61(65(68)69-8-3)74-62(60)51(5)53-33-45-59(46-34-53)73-64(67)55-37-41-57(42-38-55)71-48-30-28-26-24-22-20-18-16-14-12-10-7-2/h31-46,49H,4-30,47-48H2,1-3H3. The van der Waals surface area contributed by atoms with Gasteiger partial charge in [0.25, 0.3) is 0 Å². The number of hydrogen-bond acceptors (Lipinski definition) is 9. The number of hydrogen-bond donors (Lipinski definition) is 0. The first kappa shape index (κ1) is 59.0. The Morgan fingerprint density at radius 1 is 0.392 bits per heavy atom. The molecule has 0 atom stereocenters. The highest BCUT2D eigenvalue weighted by Gasteiger charge is 2.22. The van der Waals surface area contributed by atoms with Gasteiger partial charge in [0.15, 0.2) is 0 Å². The fourth-order valence-electron chi connectivity index (χ4n) is 8.85. The molecule has 1 aromatic heterocycles. The minimum atomic E-state index is -0.472. The minimum Gasteiger partial charge on any atom is -0.494 e. The molecule has 0 radical (unpaired) electrons. The van der Waals surface area contributed by atoms with Crippen molar-refractivity contribution in [3.05, 3.63) is 154 Å². The summed E-state index contributed by atoms with van der Waals surface area (Å²) in [6, 6.07) is 30.1. The zero-order chi connectivity index (χ0) is 52.6. The van der Waals surface area contributed by atoms with Crippen molar-refractivity contribution < 1.29 is 38.1 Å². The van der Waals surface area contributed by atoms with Crippen molar-refractivity contribution in [2.45, 2.75) is 175 Å². The highest BCUT2D eigenvalue weighted by atomic mass is 32.1. The van der Waals surface area contributed by atoms with Gasteiger partial charge in [-0.2, -0.15) is 0 Å². The molecule has 0 N–H and O–H groups in total. The molecule has 0 saturated carbocycles. The van der Waals surface area contributed by atoms with Crippen LogP contribution in [0.2, 0.25) is 0 Å². The Kier molecular flexibility index (Phi) is 27.5. The molecule has 4 aromatic carbocycles. The second-order valence-corrected chi connectivity index (χ2v) is 20.4. The molecule has 8 nitrogen and oxygen atoms in total. The normalized spacial score (nSPS) is 11.0. The molecule has 0 unspecified atom stereocenters. The molecule has 0 amide bonds. The van der Waals surface area contributed by atoms with Gasteiger partial charge in [-0.15, -0.1) is 11.3 Å². The van der Waals surface area contributed by atoms with Crippen LogP contribution in [0, 0.1) is 0 Å². The first-order valence-corrected chi connectivity index (χ1v) is 28.8. The number of ether oxygens (including phenoxy) is 5. The molecule has 0 spiro atoms. The van der Waals surface area contributed by atoms with Crippen LogP contribution >= 0.6 is 11.3 Å². The fraction of sp³-hybridized carbons (Fsp3) is 0.462. The van der Waals surface area contributed by atoms with Crippen molar-refractivity contribution in [3.63, 3.8) is 0 Å². The van der Waals surface area contributed by atoms with Crippen LogP contribution in [0.1, 0.15) is 227 Å². The third kappa shape index (κ3) is 21.1. The van der Waals surface area contributed by atoms with E-state index in [1.54, 1.807) is 73.7 Å². The summed E-state index contributed by atoms with van der Waals surface area (Å²) in [5, 5.41) is 0. The van der Waals surface area contributed by atoms with Gasteiger partial charge in [0.1, 0.15) is 27.9 Å². The second kappa shape index (κ2) is 34.5. The average Bonchev–Trinajstić information content (AvgIpc) is 3.88. The van der Waals surface area contributed by atoms with Gasteiger partial charge in [-0.3, -0.25) is 0 Å². The summed E-state index contributed by atoms with van der Waals surface area (Å²) in [4.78, 5) is 40.4. The summed E-state index contributed by atoms with van der Waals surface area (Å²) in [6.07, 6.45) is 31.1. The predicted molar refractivity (Wildman–Crippen MR) is 305 cm³/mol. The van der Waals surface area contributed by atoms with Gasteiger partial charge in [0, 0.05) is 10.4 Å². The molecule has 0 fully saturated rings. The lowest BCUT2D eigenvalue weighted by Crippen LogP contribution is -2.08. The van der Waals surface area contributed by atoms with Gasteiger partial charge >= 0.3 is 17.9 Å². The van der Waals surface area contributed by atoms with E-state index >= 15 is 0 Å². The third-order valence-corrected chi connectivity index (χ3v) is 14.5. The lowest BCUT2D eigenvalue weighted by atomic mass is 9.95. The molecule has 0 aliphatic carbocycles. The van der Waals surface area contributed by atoms with Crippen LogP contribution < -0.4 is 18.9 Å². The molecule has 9 heteroatoms. The predicted octanol–water partition coefficient (Wildman–Crippen LogP) is 18.6. The van der Waals surface area contributed by atoms with E-state index in [1.165, 1.54) is 140 Å². The van der Waals surface area contributed by atoms with Gasteiger partial charge < -0.3 is 23.7 Å². The van der Waals surface area contributed by atoms with E-state index in [0.717, 1.165) is 53.2 Å². The van der Waals surface area contributed by atoms with Gasteiger partial charge in [-0.25, -0.2) is 14.4 Å². The molecule has 398 valence electrons. The molecule has 0 saturated heterocycles. The van der Waals surface area contributed by atoms with Crippen molar-refractivity contribution in [1.82, 2.24) is 0 Å². The molecular formula is C65H84O8S. The van der Waals surface area contributed by atoms with E-state index in [4.69, 9.17) is 23.7 Å². The highest BCUT2D eigenvalue weighted by Crippen LogP contribution is 2.39. The van der Waals surface area contributed by atoms with Gasteiger partial charge in [0.2, 0.25) is 0 Å². The molecule has 0 bridgehead atoms. The lowest BCUT2D eigenvalue weighted by Gasteiger charge is -2.12. The third-order valence-electron chi connectivity index (χ3n) is 13.3. The minimum absolute atomic E-state index is 0.235. The van der Waals surface area contributed by atoms with Gasteiger partial charge in [-0.05, 0) is 121 Å². The lowest BCUT2D eigenvalue weighted by molar-refractivity contribution is 0.0531. The molecule has 1 heterocycles. The average molecular weight is 1030 g/mol. The van der Waals surface area contributed by atoms with Crippen molar-refractivity contribution >= 4 is 40.4 Å². The summed E-state index contributed by atoms with van der Waals surface area (Å²) in [6.45, 7) is 16.7. The molecule has 74 heavy (non-hydrogen) atoms. The maximum atomic E-state index is 13.1. The SMILES string of the molecule is C=C(c1ccc(OC(=O)c2ccc(OCCCCCCCCCCCCCC)cc2)cc1)c1cc(C(=O)OCC)sc1C(=C)c1ccc(OC(=O)c2ccc(OCCCCCCCCCCCCCC)cc2)cc1. The van der Waals surface area contributed by atoms with E-state index in [2.05, 4.69) is 27.0 Å². The Morgan fingerprint density at radius 2 is 0.716 bits per heavy atom. The summed E-state index contributed by atoms with van der Waals surface area (Å²) in [7, 11) is 0. The Hall–Kier alpha value is -5.93. The van der Waals surface area contributed by atoms with Crippen LogP contribution in [-0.2, 0) is 4.74 Å². The summed E-state index contributed by atoms with van der Waals surface area (Å²) in [5.41, 5.74) is 4.40. The van der Waals surface area contributed by atoms with Crippen molar-refractivity contribution in [1.29, 1.82) is 0 Å². The molecule has 5 rings (SSSR count). The smallest absolute Gasteiger partial charge is 0.348 e. The first-order valence-electron chi connectivity index (χ1n) is 28.0. The number of thiophene rings is 1. The van der Waals surface area contributed by atoms with Gasteiger partial charge in [0.05, 0.1) is 30.9 Å². The van der Waals surface area contributed by atoms with Crippen LogP contribution in [0.25, 0.3) is 11.1 Å². The summed E-state index contributed by atoms with van der Waals surface area (Å²) in [5.74, 6) is 0.848. The quantitative estimate of drug-likeness (QED) is 0.0219. The van der Waals surface area contributed by atoms with Crippen LogP contribution in [-0.4, -0.2) is 37.7 Å². The number of carbonyl (C=O) groups is 3. The molecule has 5 aromatic rings. The van der Waals surface area contributed by atoms with Crippen molar-refractivity contribution in [2.75, 3.05) is 19.8 Å². The molecule has 0 aliphatic rings. The zero-order valence-corrected chi connectivity index (χ0v) is 45.8. The van der Waals surface area contributed by atoms with Crippen LogP contribution in [0.4, 0.5) is 0 Å². The Morgan fingerprint density at radius 3 is 1.08 bits per heavy atom. The number of carbonyl (C=O) groups excluding carboxylic acids is 3. The monoisotopic (exact) mass is 1020 g/mol. The van der Waals surface area contributed by atoms with Crippen LogP contribution in [0.15, 0.2) is 116 Å². The summed E-state index contributed by atoms with van der Waals surface area (Å²) >= 11 is 1.27. The van der Waals surface area contributed by atoms with Crippen molar-refractivity contribution in [2.24, 2.45) is 0 Å². The topological polar surface area (TPSA) is 97.4 Å². The van der Waals surface area contributed by atoms with E-state index in [1.807, 2.05) is 36.4 Å². The largest absolute Gasteiger partial charge is 0.494 e. The summed E-state index contributed by atoms with van der Waals surface area (Å²) < 4.78 is 28.7.